The monoisotopic (exact) mass is 382 g/mol. The summed E-state index contributed by atoms with van der Waals surface area (Å²) in [5, 5.41) is 11.0. The fourth-order valence-electron chi connectivity index (χ4n) is 3.57. The molecule has 0 aliphatic carbocycles. The quantitative estimate of drug-likeness (QED) is 0.272. The number of unbranched alkanes of at least 4 members (excludes halogenated alkanes) is 5. The van der Waals surface area contributed by atoms with Crippen LogP contribution in [-0.2, 0) is 15.9 Å². The largest absolute Gasteiger partial charge is 0.343 e. The summed E-state index contributed by atoms with van der Waals surface area (Å²) in [5.74, 6) is -1.76. The predicted octanol–water partition coefficient (Wildman–Crippen LogP) is 6.23. The van der Waals surface area contributed by atoms with Crippen molar-refractivity contribution in [1.82, 2.24) is 0 Å². The minimum Gasteiger partial charge on any atom is -0.343 e. The molecule has 0 aromatic heterocycles. The van der Waals surface area contributed by atoms with Gasteiger partial charge in [-0.05, 0) is 57.2 Å². The zero-order valence-electron chi connectivity index (χ0n) is 17.5. The molecule has 0 aliphatic rings. The van der Waals surface area contributed by atoms with E-state index in [0.717, 1.165) is 37.7 Å². The molecule has 0 amide bonds. The van der Waals surface area contributed by atoms with Crippen molar-refractivity contribution in [3.05, 3.63) is 35.6 Å². The molecule has 0 radical (unpaired) electrons. The summed E-state index contributed by atoms with van der Waals surface area (Å²) in [6.07, 6.45) is 10.8. The number of hydrogen-bond donors (Lipinski definition) is 1. The molecule has 1 aromatic rings. The van der Waals surface area contributed by atoms with Crippen molar-refractivity contribution in [2.75, 3.05) is 13.2 Å². The molecular formula is C23H39FO3. The van der Waals surface area contributed by atoms with Crippen LogP contribution in [0.3, 0.4) is 0 Å². The number of ether oxygens (including phenoxy) is 2. The summed E-state index contributed by atoms with van der Waals surface area (Å²) >= 11 is 0. The summed E-state index contributed by atoms with van der Waals surface area (Å²) in [6.45, 7) is 6.82. The third kappa shape index (κ3) is 9.68. The average Bonchev–Trinajstić information content (AvgIpc) is 2.65. The number of hydrogen-bond acceptors (Lipinski definition) is 3. The molecule has 4 heteroatoms. The van der Waals surface area contributed by atoms with Gasteiger partial charge in [0.1, 0.15) is 5.82 Å². The molecule has 0 saturated heterocycles. The van der Waals surface area contributed by atoms with Crippen LogP contribution in [-0.4, -0.2) is 24.3 Å². The van der Waals surface area contributed by atoms with Gasteiger partial charge >= 0.3 is 0 Å². The molecular weight excluding hydrogens is 343 g/mol. The summed E-state index contributed by atoms with van der Waals surface area (Å²) in [4.78, 5) is 0. The lowest BCUT2D eigenvalue weighted by Gasteiger charge is -2.35. The van der Waals surface area contributed by atoms with Gasteiger partial charge in [0.2, 0.25) is 0 Å². The fourth-order valence-corrected chi connectivity index (χ4v) is 3.57. The third-order valence-corrected chi connectivity index (χ3v) is 5.06. The van der Waals surface area contributed by atoms with E-state index in [2.05, 4.69) is 6.92 Å². The van der Waals surface area contributed by atoms with Gasteiger partial charge in [0.15, 0.2) is 0 Å². The summed E-state index contributed by atoms with van der Waals surface area (Å²) in [6, 6.07) is 6.66. The highest BCUT2D eigenvalue weighted by atomic mass is 19.1. The van der Waals surface area contributed by atoms with Crippen molar-refractivity contribution in [1.29, 1.82) is 0 Å². The Bertz CT molecular complexity index is 469. The normalized spacial score (nSPS) is 13.1. The van der Waals surface area contributed by atoms with E-state index in [9.17, 15) is 9.50 Å². The molecule has 0 aliphatic heterocycles. The molecule has 156 valence electrons. The maximum atomic E-state index is 13.0. The molecule has 27 heavy (non-hydrogen) atoms. The van der Waals surface area contributed by atoms with Gasteiger partial charge in [-0.1, -0.05) is 57.6 Å². The number of benzene rings is 1. The van der Waals surface area contributed by atoms with E-state index in [1.165, 1.54) is 44.2 Å². The van der Waals surface area contributed by atoms with Gasteiger partial charge in [0.25, 0.3) is 5.97 Å². The average molecular weight is 383 g/mol. The SMILES string of the molecule is CCCCCCCCC(CCCc1ccc(F)cc1)C(O)(OCC)OCC. The Balaban J connectivity index is 2.57. The van der Waals surface area contributed by atoms with E-state index in [1.807, 2.05) is 26.0 Å². The van der Waals surface area contributed by atoms with Gasteiger partial charge in [-0.2, -0.15) is 0 Å². The number of halogens is 1. The second kappa shape index (κ2) is 14.1. The second-order valence-corrected chi connectivity index (χ2v) is 7.27. The van der Waals surface area contributed by atoms with E-state index < -0.39 is 5.97 Å². The van der Waals surface area contributed by atoms with Crippen LogP contribution in [0.15, 0.2) is 24.3 Å². The molecule has 0 spiro atoms. The van der Waals surface area contributed by atoms with Crippen molar-refractivity contribution in [2.45, 2.75) is 91.0 Å². The molecule has 3 nitrogen and oxygen atoms in total. The van der Waals surface area contributed by atoms with E-state index in [0.29, 0.717) is 13.2 Å². The summed E-state index contributed by atoms with van der Waals surface area (Å²) in [7, 11) is 0. The molecule has 1 rings (SSSR count). The zero-order chi connectivity index (χ0) is 20.0. The lowest BCUT2D eigenvalue weighted by molar-refractivity contribution is -0.385. The van der Waals surface area contributed by atoms with Gasteiger partial charge in [0.05, 0.1) is 0 Å². The second-order valence-electron chi connectivity index (χ2n) is 7.27. The maximum absolute atomic E-state index is 13.0. The first-order valence-electron chi connectivity index (χ1n) is 10.8. The molecule has 0 bridgehead atoms. The van der Waals surface area contributed by atoms with Crippen LogP contribution in [0, 0.1) is 11.7 Å². The molecule has 1 unspecified atom stereocenters. The van der Waals surface area contributed by atoms with Crippen molar-refractivity contribution in [3.63, 3.8) is 0 Å². The Labute approximate surface area is 165 Å². The van der Waals surface area contributed by atoms with Crippen LogP contribution < -0.4 is 0 Å². The van der Waals surface area contributed by atoms with Crippen LogP contribution in [0.2, 0.25) is 0 Å². The zero-order valence-corrected chi connectivity index (χ0v) is 17.5. The van der Waals surface area contributed by atoms with Crippen molar-refractivity contribution in [3.8, 4) is 0 Å². The Morgan fingerprint density at radius 3 is 2.00 bits per heavy atom. The van der Waals surface area contributed by atoms with Crippen molar-refractivity contribution in [2.24, 2.45) is 5.92 Å². The topological polar surface area (TPSA) is 38.7 Å². The minimum atomic E-state index is -1.50. The molecule has 1 atom stereocenters. The summed E-state index contributed by atoms with van der Waals surface area (Å²) < 4.78 is 24.3. The highest BCUT2D eigenvalue weighted by Gasteiger charge is 2.38. The lowest BCUT2D eigenvalue weighted by atomic mass is 9.91. The van der Waals surface area contributed by atoms with Gasteiger partial charge in [0, 0.05) is 19.1 Å². The van der Waals surface area contributed by atoms with Gasteiger partial charge in [-0.15, -0.1) is 0 Å². The predicted molar refractivity (Wildman–Crippen MR) is 109 cm³/mol. The highest BCUT2D eigenvalue weighted by molar-refractivity contribution is 5.15. The first-order valence-corrected chi connectivity index (χ1v) is 10.8. The smallest absolute Gasteiger partial charge is 0.283 e. The first-order chi connectivity index (χ1) is 13.1. The van der Waals surface area contributed by atoms with E-state index in [-0.39, 0.29) is 11.7 Å². The van der Waals surface area contributed by atoms with Crippen molar-refractivity contribution >= 4 is 0 Å². The van der Waals surface area contributed by atoms with Crippen LogP contribution in [0.1, 0.15) is 84.1 Å². The highest BCUT2D eigenvalue weighted by Crippen LogP contribution is 2.31. The molecule has 1 N–H and O–H groups in total. The minimum absolute atomic E-state index is 0.0518. The first kappa shape index (κ1) is 24.1. The fraction of sp³-hybridized carbons (Fsp3) is 0.739. The van der Waals surface area contributed by atoms with Gasteiger partial charge < -0.3 is 14.6 Å². The number of aryl methyl sites for hydroxylation is 1. The van der Waals surface area contributed by atoms with E-state index in [4.69, 9.17) is 9.47 Å². The maximum Gasteiger partial charge on any atom is 0.283 e. The Hall–Kier alpha value is -0.970. The Morgan fingerprint density at radius 1 is 0.852 bits per heavy atom. The standard InChI is InChI=1S/C23H39FO3/c1-4-7-8-9-10-11-14-21(23(25,26-5-2)27-6-3)15-12-13-20-16-18-22(24)19-17-20/h16-19,21,25H,4-15H2,1-3H3. The van der Waals surface area contributed by atoms with Crippen molar-refractivity contribution < 1.29 is 19.0 Å². The molecule has 0 fully saturated rings. The third-order valence-electron chi connectivity index (χ3n) is 5.06. The Kier molecular flexibility index (Phi) is 12.6. The Morgan fingerprint density at radius 2 is 1.41 bits per heavy atom. The number of aliphatic hydroxyl groups is 1. The van der Waals surface area contributed by atoms with Gasteiger partial charge in [-0.25, -0.2) is 4.39 Å². The van der Waals surface area contributed by atoms with Crippen LogP contribution >= 0.6 is 0 Å². The molecule has 0 saturated carbocycles. The number of rotatable bonds is 16. The van der Waals surface area contributed by atoms with Crippen LogP contribution in [0.25, 0.3) is 0 Å². The van der Waals surface area contributed by atoms with E-state index >= 15 is 0 Å². The van der Waals surface area contributed by atoms with Crippen LogP contribution in [0.4, 0.5) is 4.39 Å². The summed E-state index contributed by atoms with van der Waals surface area (Å²) in [5.41, 5.74) is 1.12. The lowest BCUT2D eigenvalue weighted by Crippen LogP contribution is -2.44. The van der Waals surface area contributed by atoms with E-state index in [1.54, 1.807) is 0 Å². The molecule has 1 aromatic carbocycles. The van der Waals surface area contributed by atoms with Crippen LogP contribution in [0.5, 0.6) is 0 Å². The molecule has 0 heterocycles. The van der Waals surface area contributed by atoms with Gasteiger partial charge in [-0.3, -0.25) is 0 Å².